The van der Waals surface area contributed by atoms with Crippen LogP contribution in [0.25, 0.3) is 0 Å². The Hall–Kier alpha value is -1.86. The van der Waals surface area contributed by atoms with Crippen LogP contribution in [0.4, 0.5) is 5.82 Å². The maximum absolute atomic E-state index is 12.0. The number of carbonyl (C=O) groups is 1. The van der Waals surface area contributed by atoms with Crippen LogP contribution in [0, 0.1) is 17.3 Å². The molecule has 2 N–H and O–H groups in total. The number of nitrogens with one attached hydrogen (secondary N) is 1. The van der Waals surface area contributed by atoms with Crippen LogP contribution in [0.1, 0.15) is 39.2 Å². The Morgan fingerprint density at radius 3 is 2.89 bits per heavy atom. The molecule has 0 aliphatic rings. The normalized spacial score (nSPS) is 10.5. The first-order valence-electron chi connectivity index (χ1n) is 6.37. The Balaban J connectivity index is 2.78. The predicted octanol–water partition coefficient (Wildman–Crippen LogP) is 2.19. The van der Waals surface area contributed by atoms with Crippen LogP contribution in [-0.4, -0.2) is 22.6 Å². The maximum Gasteiger partial charge on any atom is 0.231 e. The van der Waals surface area contributed by atoms with Gasteiger partial charge in [-0.25, -0.2) is 4.98 Å². The van der Waals surface area contributed by atoms with Crippen molar-refractivity contribution in [3.8, 4) is 11.8 Å². The molecule has 0 bridgehead atoms. The molecule has 0 spiro atoms. The molecule has 1 rings (SSSR count). The predicted molar refractivity (Wildman–Crippen MR) is 75.5 cm³/mol. The van der Waals surface area contributed by atoms with Crippen LogP contribution in [0.5, 0.6) is 0 Å². The third-order valence-electron chi connectivity index (χ3n) is 2.97. The monoisotopic (exact) mass is 260 g/mol. The summed E-state index contributed by atoms with van der Waals surface area (Å²) < 4.78 is 0. The third-order valence-corrected chi connectivity index (χ3v) is 2.97. The average Bonchev–Trinajstić information content (AvgIpc) is 2.39. The number of aliphatic hydroxyl groups excluding tert-OH is 1. The maximum atomic E-state index is 12.0. The number of hydrogen-bond acceptors (Lipinski definition) is 3. The van der Waals surface area contributed by atoms with E-state index >= 15 is 0 Å². The van der Waals surface area contributed by atoms with Gasteiger partial charge < -0.3 is 10.4 Å². The minimum absolute atomic E-state index is 0.0480. The van der Waals surface area contributed by atoms with E-state index in [0.717, 1.165) is 12.0 Å². The first kappa shape index (κ1) is 15.2. The molecule has 1 aromatic rings. The van der Waals surface area contributed by atoms with E-state index in [9.17, 15) is 4.79 Å². The SMILES string of the molecule is CCC(C)(C)C(=O)Nc1cc(C#CCCO)ccn1. The second kappa shape index (κ2) is 6.91. The molecule has 0 fully saturated rings. The summed E-state index contributed by atoms with van der Waals surface area (Å²) in [7, 11) is 0. The molecule has 4 nitrogen and oxygen atoms in total. The van der Waals surface area contributed by atoms with Gasteiger partial charge in [0.1, 0.15) is 5.82 Å². The molecule has 1 heterocycles. The summed E-state index contributed by atoms with van der Waals surface area (Å²) in [6.07, 6.45) is 2.80. The molecule has 0 unspecified atom stereocenters. The van der Waals surface area contributed by atoms with Gasteiger partial charge in [-0.05, 0) is 18.6 Å². The van der Waals surface area contributed by atoms with Gasteiger partial charge in [-0.2, -0.15) is 0 Å². The second-order valence-corrected chi connectivity index (χ2v) is 4.90. The van der Waals surface area contributed by atoms with Crippen molar-refractivity contribution in [1.29, 1.82) is 0 Å². The number of aromatic nitrogens is 1. The lowest BCUT2D eigenvalue weighted by molar-refractivity contribution is -0.124. The van der Waals surface area contributed by atoms with Crippen LogP contribution < -0.4 is 5.32 Å². The highest BCUT2D eigenvalue weighted by Gasteiger charge is 2.25. The second-order valence-electron chi connectivity index (χ2n) is 4.90. The summed E-state index contributed by atoms with van der Waals surface area (Å²) in [5, 5.41) is 11.5. The summed E-state index contributed by atoms with van der Waals surface area (Å²) >= 11 is 0. The van der Waals surface area contributed by atoms with Gasteiger partial charge in [0, 0.05) is 23.6 Å². The minimum Gasteiger partial charge on any atom is -0.395 e. The summed E-state index contributed by atoms with van der Waals surface area (Å²) in [6, 6.07) is 3.50. The Kier molecular flexibility index (Phi) is 5.53. The number of rotatable bonds is 4. The zero-order valence-corrected chi connectivity index (χ0v) is 11.7. The summed E-state index contributed by atoms with van der Waals surface area (Å²) in [4.78, 5) is 16.1. The molecular weight excluding hydrogens is 240 g/mol. The van der Waals surface area contributed by atoms with Crippen molar-refractivity contribution in [2.45, 2.75) is 33.6 Å². The highest BCUT2D eigenvalue weighted by atomic mass is 16.2. The lowest BCUT2D eigenvalue weighted by Crippen LogP contribution is -2.30. The standard InChI is InChI=1S/C15H20N2O2/c1-4-15(2,3)14(19)17-13-11-12(8-9-16-13)7-5-6-10-18/h8-9,11,18H,4,6,10H2,1-3H3,(H,16,17,19). The topological polar surface area (TPSA) is 62.2 Å². The fraction of sp³-hybridized carbons (Fsp3) is 0.467. The van der Waals surface area contributed by atoms with E-state index in [0.29, 0.717) is 12.2 Å². The Labute approximate surface area is 114 Å². The molecule has 19 heavy (non-hydrogen) atoms. The van der Waals surface area contributed by atoms with E-state index in [1.165, 1.54) is 0 Å². The molecule has 0 radical (unpaired) electrons. The lowest BCUT2D eigenvalue weighted by Gasteiger charge is -2.21. The molecule has 0 aliphatic carbocycles. The smallest absolute Gasteiger partial charge is 0.231 e. The van der Waals surface area contributed by atoms with Crippen LogP contribution in [0.15, 0.2) is 18.3 Å². The van der Waals surface area contributed by atoms with Gasteiger partial charge in [0.25, 0.3) is 0 Å². The lowest BCUT2D eigenvalue weighted by atomic mass is 9.89. The van der Waals surface area contributed by atoms with E-state index in [1.54, 1.807) is 18.3 Å². The average molecular weight is 260 g/mol. The van der Waals surface area contributed by atoms with Gasteiger partial charge in [0.15, 0.2) is 0 Å². The fourth-order valence-electron chi connectivity index (χ4n) is 1.24. The summed E-state index contributed by atoms with van der Waals surface area (Å²) in [6.45, 7) is 5.82. The largest absolute Gasteiger partial charge is 0.395 e. The fourth-order valence-corrected chi connectivity index (χ4v) is 1.24. The first-order valence-corrected chi connectivity index (χ1v) is 6.37. The van der Waals surface area contributed by atoms with Crippen molar-refractivity contribution in [2.75, 3.05) is 11.9 Å². The Morgan fingerprint density at radius 2 is 2.26 bits per heavy atom. The Morgan fingerprint density at radius 1 is 1.53 bits per heavy atom. The van der Waals surface area contributed by atoms with Gasteiger partial charge in [0.05, 0.1) is 6.61 Å². The van der Waals surface area contributed by atoms with Crippen LogP contribution >= 0.6 is 0 Å². The molecular formula is C15H20N2O2. The molecule has 102 valence electrons. The summed E-state index contributed by atoms with van der Waals surface area (Å²) in [5.74, 6) is 6.19. The highest BCUT2D eigenvalue weighted by molar-refractivity contribution is 5.94. The van der Waals surface area contributed by atoms with Gasteiger partial charge >= 0.3 is 0 Å². The van der Waals surface area contributed by atoms with E-state index in [-0.39, 0.29) is 12.5 Å². The number of nitrogens with zero attached hydrogens (tertiary/aromatic N) is 1. The zero-order valence-electron chi connectivity index (χ0n) is 11.7. The highest BCUT2D eigenvalue weighted by Crippen LogP contribution is 2.21. The van der Waals surface area contributed by atoms with Crippen LogP contribution in [-0.2, 0) is 4.79 Å². The Bertz CT molecular complexity index is 498. The van der Waals surface area contributed by atoms with E-state index in [1.807, 2.05) is 20.8 Å². The molecule has 0 atom stereocenters. The molecule has 4 heteroatoms. The van der Waals surface area contributed by atoms with Crippen molar-refractivity contribution < 1.29 is 9.90 Å². The van der Waals surface area contributed by atoms with Gasteiger partial charge in [-0.1, -0.05) is 32.6 Å². The molecule has 1 aromatic heterocycles. The van der Waals surface area contributed by atoms with Crippen LogP contribution in [0.2, 0.25) is 0 Å². The quantitative estimate of drug-likeness (QED) is 0.816. The zero-order chi connectivity index (χ0) is 14.3. The van der Waals surface area contributed by atoms with E-state index in [2.05, 4.69) is 22.1 Å². The number of hydrogen-bond donors (Lipinski definition) is 2. The van der Waals surface area contributed by atoms with Gasteiger partial charge in [-0.3, -0.25) is 4.79 Å². The van der Waals surface area contributed by atoms with E-state index < -0.39 is 5.41 Å². The number of amides is 1. The van der Waals surface area contributed by atoms with E-state index in [4.69, 9.17) is 5.11 Å². The van der Waals surface area contributed by atoms with Crippen molar-refractivity contribution >= 4 is 11.7 Å². The molecule has 1 amide bonds. The third kappa shape index (κ3) is 4.72. The first-order chi connectivity index (χ1) is 8.99. The molecule has 0 aliphatic heterocycles. The van der Waals surface area contributed by atoms with Crippen molar-refractivity contribution in [3.63, 3.8) is 0 Å². The van der Waals surface area contributed by atoms with Crippen LogP contribution in [0.3, 0.4) is 0 Å². The molecule has 0 saturated carbocycles. The number of carbonyl (C=O) groups excluding carboxylic acids is 1. The number of anilines is 1. The number of pyridine rings is 1. The van der Waals surface area contributed by atoms with Crippen molar-refractivity contribution in [1.82, 2.24) is 4.98 Å². The molecule has 0 saturated heterocycles. The number of aliphatic hydroxyl groups is 1. The minimum atomic E-state index is -0.416. The summed E-state index contributed by atoms with van der Waals surface area (Å²) in [5.41, 5.74) is 0.355. The van der Waals surface area contributed by atoms with Crippen molar-refractivity contribution in [3.05, 3.63) is 23.9 Å². The van der Waals surface area contributed by atoms with Gasteiger partial charge in [-0.15, -0.1) is 0 Å². The molecule has 0 aromatic carbocycles. The van der Waals surface area contributed by atoms with Gasteiger partial charge in [0.2, 0.25) is 5.91 Å². The van der Waals surface area contributed by atoms with Crippen molar-refractivity contribution in [2.24, 2.45) is 5.41 Å².